The summed E-state index contributed by atoms with van der Waals surface area (Å²) >= 11 is 0. The van der Waals surface area contributed by atoms with Crippen molar-refractivity contribution in [3.8, 4) is 28.4 Å². The van der Waals surface area contributed by atoms with E-state index < -0.39 is 0 Å². The summed E-state index contributed by atoms with van der Waals surface area (Å²) in [5.74, 6) is 0.467. The molecule has 0 N–H and O–H groups in total. The maximum absolute atomic E-state index is 7.32. The Bertz CT molecular complexity index is 1590. The maximum atomic E-state index is 7.32. The molecule has 1 fully saturated rings. The first-order valence-electron chi connectivity index (χ1n) is 12.2. The molecule has 0 saturated carbocycles. The molecule has 0 spiro atoms. The van der Waals surface area contributed by atoms with E-state index in [0.29, 0.717) is 24.2 Å². The second kappa shape index (κ2) is 9.10. The van der Waals surface area contributed by atoms with Crippen molar-refractivity contribution in [3.05, 3.63) is 72.6 Å². The quantitative estimate of drug-likeness (QED) is 0.325. The number of likely N-dealkylation sites (tertiary alicyclic amines) is 1. The summed E-state index contributed by atoms with van der Waals surface area (Å²) in [7, 11) is 4.15. The summed E-state index contributed by atoms with van der Waals surface area (Å²) in [4.78, 5) is 20.4. The van der Waals surface area contributed by atoms with Crippen LogP contribution >= 0.6 is 0 Å². The number of aryl methyl sites for hydroxylation is 1. The van der Waals surface area contributed by atoms with Crippen molar-refractivity contribution in [1.82, 2.24) is 28.8 Å². The molecule has 8 heteroatoms. The lowest BCUT2D eigenvalue weighted by molar-refractivity contribution is 0.143. The zero-order chi connectivity index (χ0) is 24.6. The molecule has 0 amide bonds. The molecule has 1 atom stereocenters. The third-order valence-electron chi connectivity index (χ3n) is 6.95. The first-order valence-corrected chi connectivity index (χ1v) is 12.2. The van der Waals surface area contributed by atoms with Gasteiger partial charge in [-0.1, -0.05) is 24.3 Å². The highest BCUT2D eigenvalue weighted by Crippen LogP contribution is 2.37. The van der Waals surface area contributed by atoms with Crippen molar-refractivity contribution in [2.24, 2.45) is 13.0 Å². The van der Waals surface area contributed by atoms with E-state index in [1.807, 2.05) is 58.9 Å². The standard InChI is InChI=1S/C28H27N7O/c1-29-23-8-6-20(7-9-23)25-24(22-15-21-10-13-34(3)26(21)31-16-22)27-30-11-14-35(27)28(32-25)36-18-19-5-4-12-33(2)17-19/h6-11,13-16,19H,4-5,12,17-18H2,2-3H3/t19-/m1/s1. The molecule has 1 aliphatic heterocycles. The summed E-state index contributed by atoms with van der Waals surface area (Å²) in [6.45, 7) is 10.1. The molecular weight excluding hydrogens is 450 g/mol. The Kier molecular flexibility index (Phi) is 5.62. The van der Waals surface area contributed by atoms with Crippen LogP contribution in [0.5, 0.6) is 6.01 Å². The van der Waals surface area contributed by atoms with Crippen molar-refractivity contribution in [1.29, 1.82) is 0 Å². The highest BCUT2D eigenvalue weighted by atomic mass is 16.5. The summed E-state index contributed by atoms with van der Waals surface area (Å²) in [6, 6.07) is 12.2. The molecule has 0 bridgehead atoms. The molecule has 5 heterocycles. The Balaban J connectivity index is 1.49. The minimum atomic E-state index is 0.467. The predicted molar refractivity (Wildman–Crippen MR) is 140 cm³/mol. The van der Waals surface area contributed by atoms with Crippen LogP contribution in [0.25, 0.3) is 43.9 Å². The van der Waals surface area contributed by atoms with Gasteiger partial charge in [-0.15, -0.1) is 0 Å². The molecule has 0 unspecified atom stereocenters. The lowest BCUT2D eigenvalue weighted by Crippen LogP contribution is -2.35. The Labute approximate surface area is 209 Å². The number of hydrogen-bond acceptors (Lipinski definition) is 5. The van der Waals surface area contributed by atoms with Gasteiger partial charge in [0.2, 0.25) is 0 Å². The number of nitrogens with zero attached hydrogens (tertiary/aromatic N) is 7. The van der Waals surface area contributed by atoms with Crippen LogP contribution in [-0.4, -0.2) is 55.6 Å². The molecule has 4 aromatic heterocycles. The number of imidazole rings is 1. The number of ether oxygens (including phenoxy) is 1. The zero-order valence-electron chi connectivity index (χ0n) is 20.4. The van der Waals surface area contributed by atoms with Gasteiger partial charge in [0, 0.05) is 55.2 Å². The molecule has 36 heavy (non-hydrogen) atoms. The Morgan fingerprint density at radius 1 is 1.06 bits per heavy atom. The van der Waals surface area contributed by atoms with Gasteiger partial charge in [-0.25, -0.2) is 14.8 Å². The minimum absolute atomic E-state index is 0.467. The molecule has 6 rings (SSSR count). The monoisotopic (exact) mass is 477 g/mol. The number of benzene rings is 1. The fourth-order valence-corrected chi connectivity index (χ4v) is 5.12. The van der Waals surface area contributed by atoms with Crippen molar-refractivity contribution >= 4 is 22.4 Å². The first-order chi connectivity index (χ1) is 17.6. The second-order valence-corrected chi connectivity index (χ2v) is 9.54. The molecule has 5 aromatic rings. The third-order valence-corrected chi connectivity index (χ3v) is 6.95. The lowest BCUT2D eigenvalue weighted by Gasteiger charge is -2.29. The van der Waals surface area contributed by atoms with Crippen LogP contribution in [0.1, 0.15) is 12.8 Å². The molecule has 0 aliphatic carbocycles. The highest BCUT2D eigenvalue weighted by molar-refractivity contribution is 5.93. The van der Waals surface area contributed by atoms with Crippen molar-refractivity contribution < 1.29 is 4.74 Å². The van der Waals surface area contributed by atoms with Crippen molar-refractivity contribution in [3.63, 3.8) is 0 Å². The summed E-state index contributed by atoms with van der Waals surface area (Å²) in [6.07, 6.45) is 9.91. The van der Waals surface area contributed by atoms with Crippen LogP contribution in [0.3, 0.4) is 0 Å². The van der Waals surface area contributed by atoms with Crippen LogP contribution < -0.4 is 4.74 Å². The summed E-state index contributed by atoms with van der Waals surface area (Å²) in [5.41, 5.74) is 5.76. The molecule has 0 radical (unpaired) electrons. The van der Waals surface area contributed by atoms with E-state index in [0.717, 1.165) is 58.6 Å². The van der Waals surface area contributed by atoms with Crippen molar-refractivity contribution in [2.45, 2.75) is 12.8 Å². The van der Waals surface area contributed by atoms with Gasteiger partial charge in [-0.2, -0.15) is 4.98 Å². The Morgan fingerprint density at radius 2 is 1.92 bits per heavy atom. The van der Waals surface area contributed by atoms with Gasteiger partial charge in [0.25, 0.3) is 0 Å². The first kappa shape index (κ1) is 22.3. The van der Waals surface area contributed by atoms with Gasteiger partial charge in [0.1, 0.15) is 5.65 Å². The average Bonchev–Trinajstić information content (AvgIpc) is 3.54. The fraction of sp³-hybridized carbons (Fsp3) is 0.286. The average molecular weight is 478 g/mol. The minimum Gasteiger partial charge on any atom is -0.464 e. The van der Waals surface area contributed by atoms with Crippen molar-refractivity contribution in [2.75, 3.05) is 26.7 Å². The lowest BCUT2D eigenvalue weighted by atomic mass is 9.99. The normalized spacial score (nSPS) is 16.4. The number of rotatable bonds is 5. The highest BCUT2D eigenvalue weighted by Gasteiger charge is 2.22. The van der Waals surface area contributed by atoms with E-state index in [4.69, 9.17) is 26.3 Å². The largest absolute Gasteiger partial charge is 0.464 e. The van der Waals surface area contributed by atoms with Crippen LogP contribution in [-0.2, 0) is 7.05 Å². The molecule has 180 valence electrons. The number of hydrogen-bond donors (Lipinski definition) is 0. The SMILES string of the molecule is [C-]#[N+]c1ccc(-c2nc(OC[C@@H]3CCCN(C)C3)n3ccnc3c2-c2cnc3c(ccn3C)c2)cc1. The van der Waals surface area contributed by atoms with Crippen LogP contribution in [0, 0.1) is 12.5 Å². The predicted octanol–water partition coefficient (Wildman–Crippen LogP) is 5.22. The zero-order valence-corrected chi connectivity index (χ0v) is 20.4. The smallest absolute Gasteiger partial charge is 0.302 e. The molecule has 8 nitrogen and oxygen atoms in total. The van der Waals surface area contributed by atoms with Crippen LogP contribution in [0.4, 0.5) is 5.69 Å². The maximum Gasteiger partial charge on any atom is 0.302 e. The summed E-state index contributed by atoms with van der Waals surface area (Å²) < 4.78 is 10.3. The summed E-state index contributed by atoms with van der Waals surface area (Å²) in [5, 5.41) is 1.05. The Morgan fingerprint density at radius 3 is 2.72 bits per heavy atom. The number of pyridine rings is 1. The van der Waals surface area contributed by atoms with E-state index in [9.17, 15) is 0 Å². The van der Waals surface area contributed by atoms with Crippen LogP contribution in [0.2, 0.25) is 0 Å². The molecule has 1 saturated heterocycles. The van der Waals surface area contributed by atoms with Gasteiger partial charge < -0.3 is 14.2 Å². The number of aromatic nitrogens is 5. The van der Waals surface area contributed by atoms with Gasteiger partial charge >= 0.3 is 6.01 Å². The van der Waals surface area contributed by atoms with E-state index in [1.165, 1.54) is 6.42 Å². The second-order valence-electron chi connectivity index (χ2n) is 9.54. The van der Waals surface area contributed by atoms with Gasteiger partial charge in [0.05, 0.1) is 24.4 Å². The van der Waals surface area contributed by atoms with E-state index in [2.05, 4.69) is 28.9 Å². The van der Waals surface area contributed by atoms with E-state index >= 15 is 0 Å². The molecule has 1 aliphatic rings. The Hall–Kier alpha value is -4.22. The number of fused-ring (bicyclic) bond motifs is 2. The van der Waals surface area contributed by atoms with Gasteiger partial charge in [-0.3, -0.25) is 4.40 Å². The molecular formula is C28H27N7O. The fourth-order valence-electron chi connectivity index (χ4n) is 5.12. The third kappa shape index (κ3) is 3.97. The van der Waals surface area contributed by atoms with E-state index in [1.54, 1.807) is 6.20 Å². The topological polar surface area (TPSA) is 64.8 Å². The number of piperidine rings is 1. The van der Waals surface area contributed by atoms with Gasteiger partial charge in [-0.05, 0) is 44.1 Å². The van der Waals surface area contributed by atoms with E-state index in [-0.39, 0.29) is 0 Å². The van der Waals surface area contributed by atoms with Crippen LogP contribution in [0.15, 0.2) is 61.2 Å². The van der Waals surface area contributed by atoms with Gasteiger partial charge in [0.15, 0.2) is 11.3 Å². The molecule has 1 aromatic carbocycles.